The Morgan fingerprint density at radius 2 is 1.78 bits per heavy atom. The fraction of sp³-hybridized carbons (Fsp3) is 0.833. The molecule has 1 amide bonds. The number of nitrogens with zero attached hydrogens (tertiary/aromatic N) is 2. The summed E-state index contributed by atoms with van der Waals surface area (Å²) in [7, 11) is 0. The van der Waals surface area contributed by atoms with E-state index in [1.165, 1.54) is 0 Å². The third-order valence-corrected chi connectivity index (χ3v) is 3.09. The molecule has 1 saturated heterocycles. The standard InChI is InChI=1S/C12H23N3O3/c1-9(2)7-10(13)12(18)15-5-3-14(4-6-15)8-11(16)17/h9-10H,3-8,13H2,1-2H3,(H,16,17). The van der Waals surface area contributed by atoms with Gasteiger partial charge in [-0.15, -0.1) is 0 Å². The molecule has 1 rings (SSSR count). The van der Waals surface area contributed by atoms with Crippen LogP contribution in [0.1, 0.15) is 20.3 Å². The smallest absolute Gasteiger partial charge is 0.317 e. The molecule has 18 heavy (non-hydrogen) atoms. The first-order valence-electron chi connectivity index (χ1n) is 6.38. The maximum absolute atomic E-state index is 12.0. The first-order valence-corrected chi connectivity index (χ1v) is 6.38. The number of amides is 1. The third kappa shape index (κ3) is 4.62. The highest BCUT2D eigenvalue weighted by Gasteiger charge is 2.26. The van der Waals surface area contributed by atoms with E-state index in [-0.39, 0.29) is 12.5 Å². The molecule has 1 aliphatic rings. The van der Waals surface area contributed by atoms with Crippen molar-refractivity contribution in [2.45, 2.75) is 26.3 Å². The minimum atomic E-state index is -0.828. The number of nitrogens with two attached hydrogens (primary N) is 1. The molecule has 1 atom stereocenters. The van der Waals surface area contributed by atoms with Crippen molar-refractivity contribution in [3.63, 3.8) is 0 Å². The highest BCUT2D eigenvalue weighted by Crippen LogP contribution is 2.08. The van der Waals surface area contributed by atoms with Gasteiger partial charge in [0.2, 0.25) is 5.91 Å². The van der Waals surface area contributed by atoms with E-state index in [2.05, 4.69) is 0 Å². The summed E-state index contributed by atoms with van der Waals surface area (Å²) in [5.41, 5.74) is 5.87. The lowest BCUT2D eigenvalue weighted by atomic mass is 10.0. The highest BCUT2D eigenvalue weighted by atomic mass is 16.4. The topological polar surface area (TPSA) is 86.9 Å². The van der Waals surface area contributed by atoms with E-state index in [4.69, 9.17) is 10.8 Å². The molecule has 1 aliphatic heterocycles. The quantitative estimate of drug-likeness (QED) is 0.699. The average Bonchev–Trinajstić information content (AvgIpc) is 2.27. The molecule has 1 fully saturated rings. The molecule has 104 valence electrons. The van der Waals surface area contributed by atoms with E-state index in [1.807, 2.05) is 18.7 Å². The number of carboxylic acids is 1. The summed E-state index contributed by atoms with van der Waals surface area (Å²) in [5.74, 6) is -0.442. The Hall–Kier alpha value is -1.14. The van der Waals surface area contributed by atoms with E-state index in [1.54, 1.807) is 4.90 Å². The van der Waals surface area contributed by atoms with E-state index < -0.39 is 12.0 Å². The predicted molar refractivity (Wildman–Crippen MR) is 68.1 cm³/mol. The van der Waals surface area contributed by atoms with Gasteiger partial charge in [-0.25, -0.2) is 0 Å². The van der Waals surface area contributed by atoms with Crippen LogP contribution in [0.4, 0.5) is 0 Å². The fourth-order valence-corrected chi connectivity index (χ4v) is 2.16. The second-order valence-corrected chi connectivity index (χ2v) is 5.23. The van der Waals surface area contributed by atoms with Crippen LogP contribution in [0.25, 0.3) is 0 Å². The maximum atomic E-state index is 12.0. The zero-order chi connectivity index (χ0) is 13.7. The van der Waals surface area contributed by atoms with Gasteiger partial charge in [0.15, 0.2) is 0 Å². The summed E-state index contributed by atoms with van der Waals surface area (Å²) >= 11 is 0. The van der Waals surface area contributed by atoms with Gasteiger partial charge < -0.3 is 15.7 Å². The van der Waals surface area contributed by atoms with Crippen molar-refractivity contribution in [2.24, 2.45) is 11.7 Å². The summed E-state index contributed by atoms with van der Waals surface area (Å²) < 4.78 is 0. The maximum Gasteiger partial charge on any atom is 0.317 e. The monoisotopic (exact) mass is 257 g/mol. The van der Waals surface area contributed by atoms with E-state index in [9.17, 15) is 9.59 Å². The molecular formula is C12H23N3O3. The van der Waals surface area contributed by atoms with E-state index >= 15 is 0 Å². The number of aliphatic carboxylic acids is 1. The number of carbonyl (C=O) groups excluding carboxylic acids is 1. The van der Waals surface area contributed by atoms with Gasteiger partial charge in [-0.2, -0.15) is 0 Å². The predicted octanol–water partition coefficient (Wildman–Crippen LogP) is -0.411. The second-order valence-electron chi connectivity index (χ2n) is 5.23. The zero-order valence-electron chi connectivity index (χ0n) is 11.1. The molecule has 0 aromatic rings. The van der Waals surface area contributed by atoms with Crippen LogP contribution in [-0.4, -0.2) is 65.5 Å². The number of hydrogen-bond donors (Lipinski definition) is 2. The van der Waals surface area contributed by atoms with Crippen LogP contribution < -0.4 is 5.73 Å². The lowest BCUT2D eigenvalue weighted by molar-refractivity contribution is -0.139. The van der Waals surface area contributed by atoms with Crippen LogP contribution in [0, 0.1) is 5.92 Å². The summed E-state index contributed by atoms with van der Waals surface area (Å²) in [5, 5.41) is 8.69. The fourth-order valence-electron chi connectivity index (χ4n) is 2.16. The number of piperazine rings is 1. The van der Waals surface area contributed by atoms with Gasteiger partial charge in [0.05, 0.1) is 12.6 Å². The highest BCUT2D eigenvalue weighted by molar-refractivity contribution is 5.81. The minimum absolute atomic E-state index is 0.0151. The van der Waals surface area contributed by atoms with Crippen LogP contribution in [0.5, 0.6) is 0 Å². The molecule has 0 radical (unpaired) electrons. The first-order chi connectivity index (χ1) is 8.40. The molecule has 6 heteroatoms. The molecular weight excluding hydrogens is 234 g/mol. The van der Waals surface area contributed by atoms with Crippen LogP contribution in [0.2, 0.25) is 0 Å². The normalized spacial score (nSPS) is 19.0. The Labute approximate surface area is 108 Å². The molecule has 0 aromatic heterocycles. The van der Waals surface area contributed by atoms with Crippen LogP contribution >= 0.6 is 0 Å². The SMILES string of the molecule is CC(C)CC(N)C(=O)N1CCN(CC(=O)O)CC1. The molecule has 0 saturated carbocycles. The van der Waals surface area contributed by atoms with Crippen LogP contribution in [-0.2, 0) is 9.59 Å². The van der Waals surface area contributed by atoms with Gasteiger partial charge >= 0.3 is 5.97 Å². The Morgan fingerprint density at radius 3 is 2.22 bits per heavy atom. The van der Waals surface area contributed by atoms with Crippen molar-refractivity contribution in [1.82, 2.24) is 9.80 Å². The number of carbonyl (C=O) groups is 2. The van der Waals surface area contributed by atoms with Crippen molar-refractivity contribution < 1.29 is 14.7 Å². The van der Waals surface area contributed by atoms with Crippen molar-refractivity contribution in [3.8, 4) is 0 Å². The lowest BCUT2D eigenvalue weighted by Crippen LogP contribution is -2.54. The summed E-state index contributed by atoms with van der Waals surface area (Å²) in [4.78, 5) is 26.2. The minimum Gasteiger partial charge on any atom is -0.480 e. The Morgan fingerprint density at radius 1 is 1.22 bits per heavy atom. The van der Waals surface area contributed by atoms with E-state index in [0.29, 0.717) is 38.5 Å². The Kier molecular flexibility index (Phi) is 5.55. The first kappa shape index (κ1) is 14.9. The average molecular weight is 257 g/mol. The molecule has 0 bridgehead atoms. The van der Waals surface area contributed by atoms with Gasteiger partial charge in [-0.05, 0) is 12.3 Å². The zero-order valence-corrected chi connectivity index (χ0v) is 11.1. The van der Waals surface area contributed by atoms with Crippen LogP contribution in [0.3, 0.4) is 0 Å². The summed E-state index contributed by atoms with van der Waals surface area (Å²) in [6.45, 7) is 6.46. The number of hydrogen-bond acceptors (Lipinski definition) is 4. The number of rotatable bonds is 5. The van der Waals surface area contributed by atoms with Crippen molar-refractivity contribution in [3.05, 3.63) is 0 Å². The molecule has 0 aromatic carbocycles. The number of carboxylic acid groups (broad SMARTS) is 1. The van der Waals surface area contributed by atoms with Gasteiger partial charge in [-0.1, -0.05) is 13.8 Å². The van der Waals surface area contributed by atoms with Gasteiger partial charge in [0, 0.05) is 26.2 Å². The molecule has 0 aliphatic carbocycles. The largest absolute Gasteiger partial charge is 0.480 e. The van der Waals surface area contributed by atoms with Gasteiger partial charge in [0.25, 0.3) is 0 Å². The molecule has 1 unspecified atom stereocenters. The van der Waals surface area contributed by atoms with Crippen molar-refractivity contribution in [2.75, 3.05) is 32.7 Å². The summed E-state index contributed by atoms with van der Waals surface area (Å²) in [6.07, 6.45) is 0.689. The third-order valence-electron chi connectivity index (χ3n) is 3.09. The molecule has 1 heterocycles. The van der Waals surface area contributed by atoms with Crippen molar-refractivity contribution >= 4 is 11.9 Å². The molecule has 0 spiro atoms. The van der Waals surface area contributed by atoms with Crippen LogP contribution in [0.15, 0.2) is 0 Å². The second kappa shape index (κ2) is 6.70. The van der Waals surface area contributed by atoms with Crippen molar-refractivity contribution in [1.29, 1.82) is 0 Å². The van der Waals surface area contributed by atoms with Gasteiger partial charge in [0.1, 0.15) is 0 Å². The Bertz CT molecular complexity index is 299. The van der Waals surface area contributed by atoms with E-state index in [0.717, 1.165) is 0 Å². The lowest BCUT2D eigenvalue weighted by Gasteiger charge is -2.35. The Balaban J connectivity index is 2.38. The van der Waals surface area contributed by atoms with Gasteiger partial charge in [-0.3, -0.25) is 14.5 Å². The molecule has 3 N–H and O–H groups in total. The molecule has 6 nitrogen and oxygen atoms in total. The summed E-state index contributed by atoms with van der Waals surface area (Å²) in [6, 6.07) is -0.434.